The van der Waals surface area contributed by atoms with Crippen molar-refractivity contribution >= 4 is 6.03 Å². The van der Waals surface area contributed by atoms with E-state index in [-0.39, 0.29) is 6.03 Å². The first-order valence-corrected chi connectivity index (χ1v) is 8.23. The van der Waals surface area contributed by atoms with E-state index >= 15 is 0 Å². The molecule has 2 N–H and O–H groups in total. The number of piperidine rings is 3. The molecular formula is C15H28N3O2+. The summed E-state index contributed by atoms with van der Waals surface area (Å²) in [4.78, 5) is 15.7. The predicted octanol–water partition coefficient (Wildman–Crippen LogP) is -0.268. The minimum absolute atomic E-state index is 0.0994. The van der Waals surface area contributed by atoms with Gasteiger partial charge in [-0.2, -0.15) is 0 Å². The Labute approximate surface area is 121 Å². The van der Waals surface area contributed by atoms with Crippen LogP contribution in [0.25, 0.3) is 0 Å². The van der Waals surface area contributed by atoms with Gasteiger partial charge in [-0.1, -0.05) is 6.92 Å². The van der Waals surface area contributed by atoms with Crippen molar-refractivity contribution in [2.45, 2.75) is 32.2 Å². The zero-order valence-electron chi connectivity index (χ0n) is 12.6. The van der Waals surface area contributed by atoms with Crippen LogP contribution in [0.1, 0.15) is 26.2 Å². The average molecular weight is 282 g/mol. The third kappa shape index (κ3) is 2.93. The van der Waals surface area contributed by atoms with Gasteiger partial charge in [-0.25, -0.2) is 4.79 Å². The fraction of sp³-hybridized carbons (Fsp3) is 0.933. The summed E-state index contributed by atoms with van der Waals surface area (Å²) < 4.78 is 5.28. The summed E-state index contributed by atoms with van der Waals surface area (Å²) in [5.41, 5.74) is 0. The van der Waals surface area contributed by atoms with E-state index in [0.29, 0.717) is 19.3 Å². The molecule has 4 aliphatic rings. The number of ether oxygens (including phenoxy) is 1. The lowest BCUT2D eigenvalue weighted by Crippen LogP contribution is -3.20. The number of rotatable bonds is 3. The van der Waals surface area contributed by atoms with Crippen LogP contribution in [0.3, 0.4) is 0 Å². The molecule has 0 aromatic carbocycles. The molecule has 4 atom stereocenters. The van der Waals surface area contributed by atoms with Crippen LogP contribution in [0.4, 0.5) is 4.79 Å². The molecule has 0 saturated carbocycles. The van der Waals surface area contributed by atoms with E-state index in [4.69, 9.17) is 4.74 Å². The molecule has 114 valence electrons. The highest BCUT2D eigenvalue weighted by Gasteiger charge is 2.42. The Hall–Kier alpha value is -0.810. The van der Waals surface area contributed by atoms with Crippen molar-refractivity contribution in [3.8, 4) is 0 Å². The highest BCUT2D eigenvalue weighted by Crippen LogP contribution is 2.28. The maximum absolute atomic E-state index is 12.1. The standard InChI is InChI=1S/C15H27N3O2/c1-2-12-11-18-4-3-13(12)9-14(18)10-16-15(19)17-5-7-20-8-6-17/h12-14H,2-11H2,1H3,(H,16,19)/p+1/t12-,13+,14+/m0/s1. The highest BCUT2D eigenvalue weighted by atomic mass is 16.5. The Morgan fingerprint density at radius 2 is 2.20 bits per heavy atom. The zero-order valence-corrected chi connectivity index (χ0v) is 12.6. The fourth-order valence-electron chi connectivity index (χ4n) is 4.22. The van der Waals surface area contributed by atoms with Gasteiger partial charge in [0.2, 0.25) is 0 Å². The number of nitrogens with zero attached hydrogens (tertiary/aromatic N) is 1. The van der Waals surface area contributed by atoms with E-state index in [2.05, 4.69) is 12.2 Å². The van der Waals surface area contributed by atoms with Crippen molar-refractivity contribution in [2.24, 2.45) is 11.8 Å². The first-order chi connectivity index (χ1) is 9.78. The molecule has 0 radical (unpaired) electrons. The maximum Gasteiger partial charge on any atom is 0.317 e. The number of hydrogen-bond donors (Lipinski definition) is 2. The Kier molecular flexibility index (Phi) is 4.46. The van der Waals surface area contributed by atoms with Gasteiger partial charge < -0.3 is 19.9 Å². The molecule has 20 heavy (non-hydrogen) atoms. The Balaban J connectivity index is 1.46. The van der Waals surface area contributed by atoms with Gasteiger partial charge in [-0.15, -0.1) is 0 Å². The minimum atomic E-state index is 0.0994. The molecule has 5 heteroatoms. The lowest BCUT2D eigenvalue weighted by Gasteiger charge is -2.47. The maximum atomic E-state index is 12.1. The smallest absolute Gasteiger partial charge is 0.317 e. The van der Waals surface area contributed by atoms with Gasteiger partial charge in [-0.3, -0.25) is 0 Å². The van der Waals surface area contributed by atoms with Crippen LogP contribution in [-0.2, 0) is 4.74 Å². The predicted molar refractivity (Wildman–Crippen MR) is 76.8 cm³/mol. The number of fused-ring (bicyclic) bond motifs is 3. The summed E-state index contributed by atoms with van der Waals surface area (Å²) in [6.07, 6.45) is 4.01. The van der Waals surface area contributed by atoms with Crippen LogP contribution in [0.5, 0.6) is 0 Å². The quantitative estimate of drug-likeness (QED) is 0.749. The summed E-state index contributed by atoms with van der Waals surface area (Å²) in [5.74, 6) is 1.83. The lowest BCUT2D eigenvalue weighted by molar-refractivity contribution is -0.945. The van der Waals surface area contributed by atoms with E-state index in [9.17, 15) is 4.79 Å². The van der Waals surface area contributed by atoms with E-state index in [1.54, 1.807) is 4.90 Å². The first kappa shape index (κ1) is 14.1. The first-order valence-electron chi connectivity index (χ1n) is 8.23. The molecule has 2 amide bonds. The van der Waals surface area contributed by atoms with E-state index in [1.807, 2.05) is 4.90 Å². The lowest BCUT2D eigenvalue weighted by atomic mass is 9.74. The Bertz CT molecular complexity index is 344. The number of quaternary nitrogens is 1. The average Bonchev–Trinajstić information content (AvgIpc) is 2.53. The van der Waals surface area contributed by atoms with Gasteiger partial charge >= 0.3 is 6.03 Å². The minimum Gasteiger partial charge on any atom is -0.378 e. The van der Waals surface area contributed by atoms with Crippen LogP contribution in [0.2, 0.25) is 0 Å². The van der Waals surface area contributed by atoms with Crippen molar-refractivity contribution < 1.29 is 14.4 Å². The van der Waals surface area contributed by atoms with Gasteiger partial charge in [0.15, 0.2) is 0 Å². The number of nitrogens with one attached hydrogen (secondary N) is 2. The number of carbonyl (C=O) groups excluding carboxylic acids is 1. The van der Waals surface area contributed by atoms with E-state index < -0.39 is 0 Å². The summed E-state index contributed by atoms with van der Waals surface area (Å²) in [7, 11) is 0. The molecule has 4 saturated heterocycles. The number of morpholine rings is 1. The van der Waals surface area contributed by atoms with Gasteiger partial charge in [0.1, 0.15) is 6.04 Å². The normalized spacial score (nSPS) is 37.0. The van der Waals surface area contributed by atoms with Crippen molar-refractivity contribution in [1.29, 1.82) is 0 Å². The van der Waals surface area contributed by atoms with E-state index in [0.717, 1.165) is 31.5 Å². The second-order valence-electron chi connectivity index (χ2n) is 6.55. The summed E-state index contributed by atoms with van der Waals surface area (Å²) in [6, 6.07) is 0.740. The van der Waals surface area contributed by atoms with Crippen molar-refractivity contribution in [3.63, 3.8) is 0 Å². The number of carbonyl (C=O) groups is 1. The fourth-order valence-corrected chi connectivity index (χ4v) is 4.22. The second-order valence-corrected chi connectivity index (χ2v) is 6.55. The summed E-state index contributed by atoms with van der Waals surface area (Å²) in [6.45, 7) is 8.60. The Morgan fingerprint density at radius 3 is 2.85 bits per heavy atom. The molecule has 1 unspecified atom stereocenters. The molecule has 4 rings (SSSR count). The monoisotopic (exact) mass is 282 g/mol. The van der Waals surface area contributed by atoms with Gasteiger partial charge in [0.25, 0.3) is 0 Å². The molecule has 2 bridgehead atoms. The Morgan fingerprint density at radius 1 is 1.40 bits per heavy atom. The van der Waals surface area contributed by atoms with Crippen LogP contribution < -0.4 is 10.2 Å². The molecular weight excluding hydrogens is 254 g/mol. The van der Waals surface area contributed by atoms with Crippen LogP contribution in [-0.4, -0.2) is 62.9 Å². The largest absolute Gasteiger partial charge is 0.378 e. The van der Waals surface area contributed by atoms with Crippen molar-refractivity contribution in [1.82, 2.24) is 10.2 Å². The zero-order chi connectivity index (χ0) is 13.9. The molecule has 4 aliphatic heterocycles. The third-order valence-corrected chi connectivity index (χ3v) is 5.51. The number of amides is 2. The van der Waals surface area contributed by atoms with Crippen molar-refractivity contribution in [2.75, 3.05) is 45.9 Å². The summed E-state index contributed by atoms with van der Waals surface area (Å²) >= 11 is 0. The molecule has 0 aromatic rings. The SMILES string of the molecule is CC[C@H]1C[NH+]2CC[C@@H]1C[C@@H]2CNC(=O)N1CCOCC1. The molecule has 0 aromatic heterocycles. The van der Waals surface area contributed by atoms with Gasteiger partial charge in [-0.05, 0) is 12.3 Å². The van der Waals surface area contributed by atoms with Crippen molar-refractivity contribution in [3.05, 3.63) is 0 Å². The van der Waals surface area contributed by atoms with Crippen LogP contribution in [0, 0.1) is 11.8 Å². The topological polar surface area (TPSA) is 46.0 Å². The molecule has 4 heterocycles. The van der Waals surface area contributed by atoms with Crippen LogP contribution >= 0.6 is 0 Å². The molecule has 5 nitrogen and oxygen atoms in total. The highest BCUT2D eigenvalue weighted by molar-refractivity contribution is 5.74. The van der Waals surface area contributed by atoms with Gasteiger partial charge in [0.05, 0.1) is 32.8 Å². The number of hydrogen-bond acceptors (Lipinski definition) is 2. The molecule has 0 spiro atoms. The third-order valence-electron chi connectivity index (χ3n) is 5.51. The molecule has 0 aliphatic carbocycles. The van der Waals surface area contributed by atoms with Crippen LogP contribution in [0.15, 0.2) is 0 Å². The molecule has 4 fully saturated rings. The number of urea groups is 1. The van der Waals surface area contributed by atoms with E-state index in [1.165, 1.54) is 32.4 Å². The summed E-state index contributed by atoms with van der Waals surface area (Å²) in [5, 5.41) is 3.15. The second kappa shape index (κ2) is 6.31. The van der Waals surface area contributed by atoms with Gasteiger partial charge in [0, 0.05) is 31.8 Å².